The van der Waals surface area contributed by atoms with Gasteiger partial charge in [-0.3, -0.25) is 4.31 Å². The predicted molar refractivity (Wildman–Crippen MR) is 118 cm³/mol. The minimum absolute atomic E-state index is 0.120. The van der Waals surface area contributed by atoms with E-state index in [1.165, 1.54) is 25.2 Å². The number of aryl methyl sites for hydroxylation is 2. The van der Waals surface area contributed by atoms with Crippen LogP contribution in [0.2, 0.25) is 0 Å². The van der Waals surface area contributed by atoms with Gasteiger partial charge in [-0.05, 0) is 37.6 Å². The van der Waals surface area contributed by atoms with Gasteiger partial charge < -0.3 is 9.29 Å². The Morgan fingerprint density at radius 1 is 1.06 bits per heavy atom. The van der Waals surface area contributed by atoms with E-state index >= 15 is 0 Å². The van der Waals surface area contributed by atoms with Crippen molar-refractivity contribution in [2.24, 2.45) is 0 Å². The lowest BCUT2D eigenvalue weighted by molar-refractivity contribution is 0.0689. The zero-order chi connectivity index (χ0) is 23.8. The Labute approximate surface area is 185 Å². The molecule has 1 aromatic carbocycles. The highest BCUT2D eigenvalue weighted by Crippen LogP contribution is 2.36. The molecule has 0 saturated carbocycles. The highest BCUT2D eigenvalue weighted by molar-refractivity contribution is 7.92. The Bertz CT molecular complexity index is 1420. The molecule has 32 heavy (non-hydrogen) atoms. The molecular weight excluding hydrogens is 458 g/mol. The summed E-state index contributed by atoms with van der Waals surface area (Å²) in [7, 11) is -7.03. The number of pyridine rings is 2. The van der Waals surface area contributed by atoms with Crippen LogP contribution in [0.4, 0.5) is 5.82 Å². The van der Waals surface area contributed by atoms with E-state index in [4.69, 9.17) is 4.18 Å². The van der Waals surface area contributed by atoms with Crippen molar-refractivity contribution in [3.63, 3.8) is 0 Å². The summed E-state index contributed by atoms with van der Waals surface area (Å²) in [6.07, 6.45) is 1.39. The second kappa shape index (κ2) is 8.36. The fourth-order valence-electron chi connectivity index (χ4n) is 2.86. The lowest BCUT2D eigenvalue weighted by Gasteiger charge is -2.20. The van der Waals surface area contributed by atoms with Crippen LogP contribution in [0.15, 0.2) is 41.3 Å². The molecule has 2 heterocycles. The number of nitrogens with zero attached hydrogens (tertiary/aromatic N) is 3. The van der Waals surface area contributed by atoms with Crippen LogP contribution in [0.3, 0.4) is 0 Å². The van der Waals surface area contributed by atoms with Crippen molar-refractivity contribution < 1.29 is 30.9 Å². The van der Waals surface area contributed by atoms with Gasteiger partial charge >= 0.3 is 16.1 Å². The molecule has 12 heteroatoms. The number of sulfonamides is 1. The first kappa shape index (κ1) is 23.4. The van der Waals surface area contributed by atoms with Gasteiger partial charge in [-0.25, -0.2) is 23.2 Å². The normalized spacial score (nSPS) is 12.0. The molecule has 0 aliphatic carbocycles. The summed E-state index contributed by atoms with van der Waals surface area (Å²) in [6.45, 7) is 3.59. The number of carboxylic acids is 1. The van der Waals surface area contributed by atoms with Crippen molar-refractivity contribution in [3.05, 3.63) is 53.3 Å². The number of anilines is 1. The van der Waals surface area contributed by atoms with Crippen LogP contribution in [0, 0.1) is 6.92 Å². The van der Waals surface area contributed by atoms with Crippen LogP contribution in [-0.4, -0.2) is 51.2 Å². The number of hydrogen-bond donors (Lipinski definition) is 1. The van der Waals surface area contributed by atoms with Crippen molar-refractivity contribution >= 4 is 42.8 Å². The van der Waals surface area contributed by atoms with E-state index in [1.54, 1.807) is 32.0 Å². The van der Waals surface area contributed by atoms with Gasteiger partial charge in [-0.2, -0.15) is 8.42 Å². The fraction of sp³-hybridized carbons (Fsp3) is 0.250. The Morgan fingerprint density at radius 2 is 1.69 bits per heavy atom. The summed E-state index contributed by atoms with van der Waals surface area (Å²) in [5, 5.41) is 9.85. The summed E-state index contributed by atoms with van der Waals surface area (Å²) < 4.78 is 56.0. The lowest BCUT2D eigenvalue weighted by atomic mass is 10.1. The second-order valence-corrected chi connectivity index (χ2v) is 10.6. The molecular formula is C20H21N3O7S2. The maximum absolute atomic E-state index is 12.9. The highest BCUT2D eigenvalue weighted by Gasteiger charge is 2.29. The SMILES string of the molecule is CCc1ccc2c(N(C)S(C)(=O)=O)nc(C(=O)O)c(OS(=O)(=O)c3ccc(C)cc3)c2n1. The zero-order valence-electron chi connectivity index (χ0n) is 17.7. The Balaban J connectivity index is 2.35. The summed E-state index contributed by atoms with van der Waals surface area (Å²) in [5.41, 5.74) is 0.438. The molecule has 2 aromatic heterocycles. The molecule has 0 spiro atoms. The molecule has 1 N–H and O–H groups in total. The van der Waals surface area contributed by atoms with Crippen LogP contribution in [0.5, 0.6) is 5.75 Å². The van der Waals surface area contributed by atoms with Gasteiger partial charge in [0, 0.05) is 18.1 Å². The van der Waals surface area contributed by atoms with Gasteiger partial charge in [-0.15, -0.1) is 0 Å². The first-order chi connectivity index (χ1) is 14.8. The summed E-state index contributed by atoms with van der Waals surface area (Å²) in [6, 6.07) is 8.92. The number of aromatic carboxylic acids is 1. The van der Waals surface area contributed by atoms with Crippen LogP contribution >= 0.6 is 0 Å². The lowest BCUT2D eigenvalue weighted by Crippen LogP contribution is -2.27. The number of rotatable bonds is 7. The average Bonchev–Trinajstić information content (AvgIpc) is 2.72. The number of carbonyl (C=O) groups is 1. The maximum Gasteiger partial charge on any atom is 0.358 e. The standard InChI is InChI=1S/C20H21N3O7S2/c1-5-13-8-11-15-16(21-13)18(30-32(28,29)14-9-6-12(2)7-10-14)17(20(24)25)22-19(15)23(3)31(4,26)27/h6-11H,5H2,1-4H3,(H,24,25). The third-order valence-electron chi connectivity index (χ3n) is 4.70. The van der Waals surface area contributed by atoms with Crippen molar-refractivity contribution in [2.45, 2.75) is 25.2 Å². The van der Waals surface area contributed by atoms with E-state index in [1.807, 2.05) is 0 Å². The van der Waals surface area contributed by atoms with Gasteiger partial charge in [0.1, 0.15) is 10.4 Å². The van der Waals surface area contributed by atoms with Crippen LogP contribution in [0.1, 0.15) is 28.7 Å². The van der Waals surface area contributed by atoms with E-state index < -0.39 is 37.6 Å². The molecule has 0 bridgehead atoms. The number of hydrogen-bond acceptors (Lipinski definition) is 8. The van der Waals surface area contributed by atoms with Crippen molar-refractivity contribution in [3.8, 4) is 5.75 Å². The smallest absolute Gasteiger partial charge is 0.358 e. The molecule has 0 amide bonds. The molecule has 0 aliphatic heterocycles. The first-order valence-electron chi connectivity index (χ1n) is 9.37. The Morgan fingerprint density at radius 3 is 2.22 bits per heavy atom. The second-order valence-electron chi connectivity index (χ2n) is 7.05. The third kappa shape index (κ3) is 4.50. The molecule has 0 unspecified atom stereocenters. The molecule has 0 atom stereocenters. The highest BCUT2D eigenvalue weighted by atomic mass is 32.2. The van der Waals surface area contributed by atoms with E-state index in [9.17, 15) is 26.7 Å². The van der Waals surface area contributed by atoms with Gasteiger partial charge in [0.15, 0.2) is 11.5 Å². The van der Waals surface area contributed by atoms with Gasteiger partial charge in [0.2, 0.25) is 15.8 Å². The van der Waals surface area contributed by atoms with Crippen molar-refractivity contribution in [1.29, 1.82) is 0 Å². The third-order valence-corrected chi connectivity index (χ3v) is 7.11. The van der Waals surface area contributed by atoms with Gasteiger partial charge in [0.05, 0.1) is 6.26 Å². The Hall–Kier alpha value is -3.25. The maximum atomic E-state index is 12.9. The first-order valence-corrected chi connectivity index (χ1v) is 12.6. The summed E-state index contributed by atoms with van der Waals surface area (Å²) in [4.78, 5) is 20.1. The number of benzene rings is 1. The van der Waals surface area contributed by atoms with E-state index in [0.29, 0.717) is 12.1 Å². The van der Waals surface area contributed by atoms with Crippen LogP contribution in [-0.2, 0) is 26.6 Å². The summed E-state index contributed by atoms with van der Waals surface area (Å²) >= 11 is 0. The summed E-state index contributed by atoms with van der Waals surface area (Å²) in [5.74, 6) is -2.41. The largest absolute Gasteiger partial charge is 0.476 e. The van der Waals surface area contributed by atoms with Gasteiger partial charge in [-0.1, -0.05) is 24.6 Å². The quantitative estimate of drug-likeness (QED) is 0.505. The minimum Gasteiger partial charge on any atom is -0.476 e. The van der Waals surface area contributed by atoms with Gasteiger partial charge in [0.25, 0.3) is 0 Å². The van der Waals surface area contributed by atoms with E-state index in [2.05, 4.69) is 9.97 Å². The molecule has 10 nitrogen and oxygen atoms in total. The molecule has 0 saturated heterocycles. The van der Waals surface area contributed by atoms with E-state index in [0.717, 1.165) is 16.1 Å². The molecule has 0 fully saturated rings. The topological polar surface area (TPSA) is 144 Å². The average molecular weight is 480 g/mol. The monoisotopic (exact) mass is 479 g/mol. The predicted octanol–water partition coefficient (Wildman–Crippen LogP) is 2.36. The molecule has 170 valence electrons. The van der Waals surface area contributed by atoms with E-state index in [-0.39, 0.29) is 21.6 Å². The zero-order valence-corrected chi connectivity index (χ0v) is 19.4. The molecule has 3 rings (SSSR count). The van der Waals surface area contributed by atoms with Crippen LogP contribution in [0.25, 0.3) is 10.9 Å². The molecule has 3 aromatic rings. The number of carboxylic acid groups (broad SMARTS) is 1. The Kier molecular flexibility index (Phi) is 6.11. The number of fused-ring (bicyclic) bond motifs is 1. The molecule has 0 radical (unpaired) electrons. The van der Waals surface area contributed by atoms with Crippen molar-refractivity contribution in [1.82, 2.24) is 9.97 Å². The van der Waals surface area contributed by atoms with Crippen LogP contribution < -0.4 is 8.49 Å². The van der Waals surface area contributed by atoms with Crippen molar-refractivity contribution in [2.75, 3.05) is 17.6 Å². The fourth-order valence-corrected chi connectivity index (χ4v) is 4.26. The minimum atomic E-state index is -4.43. The number of aromatic nitrogens is 2. The molecule has 0 aliphatic rings.